The van der Waals surface area contributed by atoms with Crippen molar-refractivity contribution in [3.8, 4) is 0 Å². The monoisotopic (exact) mass is 206 g/mol. The number of nitrogens with one attached hydrogen (secondary N) is 1. The van der Waals surface area contributed by atoms with E-state index in [1.165, 1.54) is 5.01 Å². The minimum absolute atomic E-state index is 0.0979. The summed E-state index contributed by atoms with van der Waals surface area (Å²) in [6.07, 6.45) is -3.92. The number of hydrogen-bond acceptors (Lipinski definition) is 3. The standard InChI is InChI=1S/C7H9F3N4/c8-7(9,10)6-4-3-14(11)2-1-5(4)12-13-6/h1-3,11H2,(H,12,13). The van der Waals surface area contributed by atoms with Gasteiger partial charge in [-0.2, -0.15) is 18.3 Å². The lowest BCUT2D eigenvalue weighted by Crippen LogP contribution is -2.36. The second-order valence-corrected chi connectivity index (χ2v) is 3.25. The van der Waals surface area contributed by atoms with E-state index in [1.54, 1.807) is 0 Å². The van der Waals surface area contributed by atoms with Gasteiger partial charge >= 0.3 is 6.18 Å². The van der Waals surface area contributed by atoms with Crippen LogP contribution >= 0.6 is 0 Å². The van der Waals surface area contributed by atoms with E-state index in [-0.39, 0.29) is 12.1 Å². The third-order valence-electron chi connectivity index (χ3n) is 2.23. The molecule has 0 amide bonds. The second-order valence-electron chi connectivity index (χ2n) is 3.25. The molecule has 0 radical (unpaired) electrons. The maximum Gasteiger partial charge on any atom is 0.435 e. The number of hydrazine groups is 1. The van der Waals surface area contributed by atoms with Crippen molar-refractivity contribution in [2.24, 2.45) is 5.84 Å². The van der Waals surface area contributed by atoms with E-state index in [4.69, 9.17) is 5.84 Å². The number of aromatic amines is 1. The fraction of sp³-hybridized carbons (Fsp3) is 0.571. The largest absolute Gasteiger partial charge is 0.435 e. The van der Waals surface area contributed by atoms with Gasteiger partial charge in [0.1, 0.15) is 0 Å². The van der Waals surface area contributed by atoms with E-state index in [2.05, 4.69) is 10.2 Å². The molecule has 0 saturated heterocycles. The van der Waals surface area contributed by atoms with Gasteiger partial charge in [-0.1, -0.05) is 0 Å². The molecule has 7 heteroatoms. The zero-order valence-electron chi connectivity index (χ0n) is 7.23. The number of nitrogens with two attached hydrogens (primary N) is 1. The Morgan fingerprint density at radius 2 is 2.14 bits per heavy atom. The van der Waals surface area contributed by atoms with E-state index < -0.39 is 11.9 Å². The highest BCUT2D eigenvalue weighted by atomic mass is 19.4. The van der Waals surface area contributed by atoms with Gasteiger partial charge in [0, 0.05) is 30.8 Å². The van der Waals surface area contributed by atoms with Crippen molar-refractivity contribution in [2.45, 2.75) is 19.1 Å². The Labute approximate surface area is 77.8 Å². The number of alkyl halides is 3. The van der Waals surface area contributed by atoms with Crippen molar-refractivity contribution >= 4 is 0 Å². The third-order valence-corrected chi connectivity index (χ3v) is 2.23. The molecule has 0 saturated carbocycles. The van der Waals surface area contributed by atoms with Crippen LogP contribution in [0.15, 0.2) is 0 Å². The highest BCUT2D eigenvalue weighted by molar-refractivity contribution is 5.29. The topological polar surface area (TPSA) is 57.9 Å². The summed E-state index contributed by atoms with van der Waals surface area (Å²) < 4.78 is 37.2. The van der Waals surface area contributed by atoms with Crippen LogP contribution in [0.4, 0.5) is 13.2 Å². The van der Waals surface area contributed by atoms with Gasteiger partial charge in [0.25, 0.3) is 0 Å². The van der Waals surface area contributed by atoms with Crippen molar-refractivity contribution in [2.75, 3.05) is 6.54 Å². The SMILES string of the molecule is NN1CCc2[nH]nc(C(F)(F)F)c2C1. The van der Waals surface area contributed by atoms with Gasteiger partial charge in [0.15, 0.2) is 5.69 Å². The molecular formula is C7H9F3N4. The first-order valence-corrected chi connectivity index (χ1v) is 4.11. The van der Waals surface area contributed by atoms with Gasteiger partial charge in [-0.05, 0) is 0 Å². The van der Waals surface area contributed by atoms with Crippen LogP contribution in [0.5, 0.6) is 0 Å². The summed E-state index contributed by atoms with van der Waals surface area (Å²) in [7, 11) is 0. The van der Waals surface area contributed by atoms with Gasteiger partial charge in [-0.25, -0.2) is 5.01 Å². The molecule has 0 bridgehead atoms. The van der Waals surface area contributed by atoms with E-state index in [1.807, 2.05) is 0 Å². The van der Waals surface area contributed by atoms with Crippen molar-refractivity contribution in [3.63, 3.8) is 0 Å². The molecule has 0 atom stereocenters. The van der Waals surface area contributed by atoms with E-state index >= 15 is 0 Å². The zero-order chi connectivity index (χ0) is 10.3. The molecular weight excluding hydrogens is 197 g/mol. The predicted molar refractivity (Wildman–Crippen MR) is 41.9 cm³/mol. The van der Waals surface area contributed by atoms with Crippen LogP contribution in [0.2, 0.25) is 0 Å². The van der Waals surface area contributed by atoms with Crippen LogP contribution in [0.3, 0.4) is 0 Å². The van der Waals surface area contributed by atoms with Gasteiger partial charge < -0.3 is 0 Å². The Bertz CT molecular complexity index is 343. The van der Waals surface area contributed by atoms with E-state index in [0.717, 1.165) is 0 Å². The summed E-state index contributed by atoms with van der Waals surface area (Å²) in [5.74, 6) is 5.45. The minimum Gasteiger partial charge on any atom is -0.282 e. The summed E-state index contributed by atoms with van der Waals surface area (Å²) in [6, 6.07) is 0. The summed E-state index contributed by atoms with van der Waals surface area (Å²) >= 11 is 0. The van der Waals surface area contributed by atoms with Crippen molar-refractivity contribution in [3.05, 3.63) is 17.0 Å². The number of H-pyrrole nitrogens is 1. The van der Waals surface area contributed by atoms with Crippen LogP contribution in [-0.4, -0.2) is 21.8 Å². The molecule has 4 nitrogen and oxygen atoms in total. The predicted octanol–water partition coefficient (Wildman–Crippen LogP) is 0.660. The quantitative estimate of drug-likeness (QED) is 0.613. The first kappa shape index (κ1) is 9.47. The van der Waals surface area contributed by atoms with Crippen LogP contribution in [0, 0.1) is 0 Å². The van der Waals surface area contributed by atoms with Gasteiger partial charge in [-0.15, -0.1) is 0 Å². The molecule has 1 aromatic rings. The van der Waals surface area contributed by atoms with Crippen molar-refractivity contribution in [1.82, 2.24) is 15.2 Å². The lowest BCUT2D eigenvalue weighted by Gasteiger charge is -2.22. The first-order chi connectivity index (χ1) is 6.48. The molecule has 2 rings (SSSR count). The van der Waals surface area contributed by atoms with Crippen LogP contribution < -0.4 is 5.84 Å². The number of rotatable bonds is 0. The molecule has 2 heterocycles. The van der Waals surface area contributed by atoms with E-state index in [0.29, 0.717) is 18.7 Å². The molecule has 0 spiro atoms. The fourth-order valence-corrected chi connectivity index (χ4v) is 1.55. The summed E-state index contributed by atoms with van der Waals surface area (Å²) in [5.41, 5.74) is -0.132. The smallest absolute Gasteiger partial charge is 0.282 e. The third kappa shape index (κ3) is 1.48. The maximum absolute atomic E-state index is 12.4. The molecule has 0 unspecified atom stereocenters. The number of halogens is 3. The first-order valence-electron chi connectivity index (χ1n) is 4.11. The fourth-order valence-electron chi connectivity index (χ4n) is 1.55. The van der Waals surface area contributed by atoms with Crippen LogP contribution in [0.1, 0.15) is 17.0 Å². The Morgan fingerprint density at radius 3 is 2.79 bits per heavy atom. The maximum atomic E-state index is 12.4. The molecule has 0 aromatic carbocycles. The summed E-state index contributed by atoms with van der Waals surface area (Å²) in [4.78, 5) is 0. The van der Waals surface area contributed by atoms with Gasteiger partial charge in [-0.3, -0.25) is 10.9 Å². The molecule has 0 fully saturated rings. The Hall–Kier alpha value is -1.08. The number of nitrogens with zero attached hydrogens (tertiary/aromatic N) is 2. The molecule has 3 N–H and O–H groups in total. The van der Waals surface area contributed by atoms with E-state index in [9.17, 15) is 13.2 Å². The zero-order valence-corrected chi connectivity index (χ0v) is 7.23. The number of hydrogen-bond donors (Lipinski definition) is 2. The van der Waals surface area contributed by atoms with Crippen LogP contribution in [0.25, 0.3) is 0 Å². The van der Waals surface area contributed by atoms with Crippen molar-refractivity contribution in [1.29, 1.82) is 0 Å². The second kappa shape index (κ2) is 2.96. The molecule has 1 aliphatic heterocycles. The Kier molecular flexibility index (Phi) is 2.00. The Morgan fingerprint density at radius 1 is 1.43 bits per heavy atom. The molecule has 0 aliphatic carbocycles. The highest BCUT2D eigenvalue weighted by Crippen LogP contribution is 2.33. The summed E-state index contributed by atoms with van der Waals surface area (Å²) in [6.45, 7) is 0.646. The molecule has 1 aliphatic rings. The Balaban J connectivity index is 2.41. The van der Waals surface area contributed by atoms with Gasteiger partial charge in [0.05, 0.1) is 0 Å². The van der Waals surface area contributed by atoms with Crippen LogP contribution in [-0.2, 0) is 19.1 Å². The number of aromatic nitrogens is 2. The lowest BCUT2D eigenvalue weighted by atomic mass is 10.1. The molecule has 1 aromatic heterocycles. The minimum atomic E-state index is -4.40. The number of fused-ring (bicyclic) bond motifs is 1. The average molecular weight is 206 g/mol. The molecule has 78 valence electrons. The van der Waals surface area contributed by atoms with Gasteiger partial charge in [0.2, 0.25) is 0 Å². The normalized spacial score (nSPS) is 18.3. The lowest BCUT2D eigenvalue weighted by molar-refractivity contribution is -0.142. The molecule has 14 heavy (non-hydrogen) atoms. The van der Waals surface area contributed by atoms with Crippen molar-refractivity contribution < 1.29 is 13.2 Å². The average Bonchev–Trinajstić information content (AvgIpc) is 2.45. The highest BCUT2D eigenvalue weighted by Gasteiger charge is 2.38. The summed E-state index contributed by atoms with van der Waals surface area (Å²) in [5, 5.41) is 7.03.